The summed E-state index contributed by atoms with van der Waals surface area (Å²) in [4.78, 5) is 22.6. The molecule has 1 aromatic carbocycles. The van der Waals surface area contributed by atoms with Crippen molar-refractivity contribution < 1.29 is 14.3 Å². The van der Waals surface area contributed by atoms with Crippen LogP contribution in [0.5, 0.6) is 11.5 Å². The van der Waals surface area contributed by atoms with Crippen molar-refractivity contribution >= 4 is 5.91 Å². The highest BCUT2D eigenvalue weighted by molar-refractivity contribution is 5.77. The number of piperidine rings is 1. The van der Waals surface area contributed by atoms with Gasteiger partial charge in [-0.3, -0.25) is 9.69 Å². The Balaban J connectivity index is 1.39. The highest BCUT2D eigenvalue weighted by atomic mass is 16.5. The fourth-order valence-electron chi connectivity index (χ4n) is 3.85. The van der Waals surface area contributed by atoms with E-state index in [-0.39, 0.29) is 12.5 Å². The first kappa shape index (κ1) is 22.2. The van der Waals surface area contributed by atoms with E-state index in [4.69, 9.17) is 9.47 Å². The molecule has 1 aromatic heterocycles. The number of hydrogen-bond donors (Lipinski definition) is 2. The van der Waals surface area contributed by atoms with Gasteiger partial charge in [-0.05, 0) is 43.9 Å². The lowest BCUT2D eigenvalue weighted by atomic mass is 9.98. The molecule has 1 aliphatic heterocycles. The van der Waals surface area contributed by atoms with Gasteiger partial charge in [-0.1, -0.05) is 25.5 Å². The van der Waals surface area contributed by atoms with E-state index in [1.807, 2.05) is 24.4 Å². The van der Waals surface area contributed by atoms with Gasteiger partial charge in [0.15, 0.2) is 18.1 Å². The number of ether oxygens (including phenoxy) is 2. The van der Waals surface area contributed by atoms with Crippen LogP contribution in [0, 0.1) is 5.92 Å². The van der Waals surface area contributed by atoms with E-state index in [9.17, 15) is 4.79 Å². The topological polar surface area (TPSA) is 79.5 Å². The average Bonchev–Trinajstić information content (AvgIpc) is 3.22. The number of likely N-dealkylation sites (tertiary alicyclic amines) is 1. The van der Waals surface area contributed by atoms with Crippen LogP contribution in [0.25, 0.3) is 0 Å². The number of nitrogens with zero attached hydrogens (tertiary/aromatic N) is 2. The number of amides is 1. The minimum atomic E-state index is -0.104. The zero-order valence-electron chi connectivity index (χ0n) is 18.2. The lowest BCUT2D eigenvalue weighted by molar-refractivity contribution is -0.123. The van der Waals surface area contributed by atoms with Crippen molar-refractivity contribution in [3.8, 4) is 11.5 Å². The molecule has 2 N–H and O–H groups in total. The molecule has 1 aliphatic rings. The molecule has 7 heteroatoms. The molecule has 0 spiro atoms. The summed E-state index contributed by atoms with van der Waals surface area (Å²) < 4.78 is 10.8. The van der Waals surface area contributed by atoms with Gasteiger partial charge in [-0.15, -0.1) is 0 Å². The Morgan fingerprint density at radius 2 is 2.17 bits per heavy atom. The molecule has 2 heterocycles. The molecule has 0 aliphatic carbocycles. The number of H-pyrrole nitrogens is 1. The molecular formula is C23H34N4O3. The highest BCUT2D eigenvalue weighted by Gasteiger charge is 2.21. The molecule has 164 valence electrons. The highest BCUT2D eigenvalue weighted by Crippen LogP contribution is 2.25. The summed E-state index contributed by atoms with van der Waals surface area (Å²) in [5.41, 5.74) is 1.18. The largest absolute Gasteiger partial charge is 0.493 e. The van der Waals surface area contributed by atoms with Crippen LogP contribution >= 0.6 is 0 Å². The van der Waals surface area contributed by atoms with E-state index in [0.717, 1.165) is 44.7 Å². The zero-order valence-corrected chi connectivity index (χ0v) is 18.2. The van der Waals surface area contributed by atoms with Gasteiger partial charge < -0.3 is 19.8 Å². The maximum Gasteiger partial charge on any atom is 0.257 e. The lowest BCUT2D eigenvalue weighted by Gasteiger charge is -2.32. The molecule has 0 saturated carbocycles. The summed E-state index contributed by atoms with van der Waals surface area (Å²) in [7, 11) is 1.59. The number of para-hydroxylation sites is 2. The van der Waals surface area contributed by atoms with Gasteiger partial charge >= 0.3 is 0 Å². The molecule has 3 rings (SSSR count). The number of hydrogen-bond acceptors (Lipinski definition) is 5. The molecule has 1 atom stereocenters. The Labute approximate surface area is 179 Å². The van der Waals surface area contributed by atoms with E-state index < -0.39 is 0 Å². The first-order valence-electron chi connectivity index (χ1n) is 11.0. The number of aromatic nitrogens is 2. The van der Waals surface area contributed by atoms with Crippen LogP contribution < -0.4 is 14.8 Å². The van der Waals surface area contributed by atoms with Gasteiger partial charge in [0, 0.05) is 37.9 Å². The van der Waals surface area contributed by atoms with Gasteiger partial charge in [0.25, 0.3) is 5.91 Å². The number of rotatable bonds is 11. The summed E-state index contributed by atoms with van der Waals surface area (Å²) in [6.07, 6.45) is 7.61. The maximum absolute atomic E-state index is 12.2. The molecule has 0 radical (unpaired) electrons. The van der Waals surface area contributed by atoms with E-state index >= 15 is 0 Å². The molecule has 1 unspecified atom stereocenters. The van der Waals surface area contributed by atoms with Crippen molar-refractivity contribution in [1.82, 2.24) is 20.2 Å². The number of benzene rings is 1. The third kappa shape index (κ3) is 6.76. The van der Waals surface area contributed by atoms with Crippen molar-refractivity contribution in [2.45, 2.75) is 45.6 Å². The van der Waals surface area contributed by atoms with E-state index in [0.29, 0.717) is 24.0 Å². The standard InChI is InChI=1S/C23H34N4O3/c1-3-4-11-22-24-14-19(26-22)16-27-12-7-8-18(15-27)13-25-23(28)17-30-21-10-6-5-9-20(21)29-2/h5-6,9-10,14,18H,3-4,7-8,11-13,15-17H2,1-2H3,(H,24,26)(H,25,28). The smallest absolute Gasteiger partial charge is 0.257 e. The van der Waals surface area contributed by atoms with Crippen molar-refractivity contribution in [1.29, 1.82) is 0 Å². The molecule has 1 amide bonds. The Morgan fingerprint density at radius 1 is 1.33 bits per heavy atom. The Bertz CT molecular complexity index is 792. The quantitative estimate of drug-likeness (QED) is 0.590. The second kappa shape index (κ2) is 11.6. The molecule has 2 aromatic rings. The van der Waals surface area contributed by atoms with Crippen LogP contribution in [0.4, 0.5) is 0 Å². The lowest BCUT2D eigenvalue weighted by Crippen LogP contribution is -2.41. The summed E-state index contributed by atoms with van der Waals surface area (Å²) in [5.74, 6) is 2.65. The van der Waals surface area contributed by atoms with Gasteiger partial charge in [0.2, 0.25) is 0 Å². The molecule has 0 bridgehead atoms. The number of nitrogens with one attached hydrogen (secondary N) is 2. The predicted octanol–water partition coefficient (Wildman–Crippen LogP) is 3.17. The second-order valence-corrected chi connectivity index (χ2v) is 7.95. The first-order chi connectivity index (χ1) is 14.7. The van der Waals surface area contributed by atoms with Gasteiger partial charge in [-0.25, -0.2) is 4.98 Å². The van der Waals surface area contributed by atoms with Crippen molar-refractivity contribution in [2.75, 3.05) is 33.4 Å². The fourth-order valence-corrected chi connectivity index (χ4v) is 3.85. The van der Waals surface area contributed by atoms with Crippen LogP contribution in [0.1, 0.15) is 44.1 Å². The number of unbranched alkanes of at least 4 members (excludes halogenated alkanes) is 1. The van der Waals surface area contributed by atoms with Crippen LogP contribution in [-0.2, 0) is 17.8 Å². The van der Waals surface area contributed by atoms with Crippen LogP contribution in [0.2, 0.25) is 0 Å². The summed E-state index contributed by atoms with van der Waals surface area (Å²) in [6.45, 7) is 5.82. The third-order valence-corrected chi connectivity index (χ3v) is 5.46. The Kier molecular flexibility index (Phi) is 8.56. The predicted molar refractivity (Wildman–Crippen MR) is 117 cm³/mol. The number of aromatic amines is 1. The van der Waals surface area contributed by atoms with Crippen LogP contribution in [0.15, 0.2) is 30.5 Å². The second-order valence-electron chi connectivity index (χ2n) is 7.95. The third-order valence-electron chi connectivity index (χ3n) is 5.46. The molecule has 30 heavy (non-hydrogen) atoms. The number of carbonyl (C=O) groups is 1. The molecule has 7 nitrogen and oxygen atoms in total. The van der Waals surface area contributed by atoms with E-state index in [2.05, 4.69) is 27.1 Å². The SMILES string of the molecule is CCCCc1ncc(CN2CCCC(CNC(=O)COc3ccccc3OC)C2)[nH]1. The number of carbonyl (C=O) groups excluding carboxylic acids is 1. The molecular weight excluding hydrogens is 380 g/mol. The van der Waals surface area contributed by atoms with Crippen LogP contribution in [-0.4, -0.2) is 54.1 Å². The molecule has 1 fully saturated rings. The van der Waals surface area contributed by atoms with Gasteiger partial charge in [0.05, 0.1) is 7.11 Å². The maximum atomic E-state index is 12.2. The number of aryl methyl sites for hydroxylation is 1. The van der Waals surface area contributed by atoms with Crippen molar-refractivity contribution in [3.63, 3.8) is 0 Å². The van der Waals surface area contributed by atoms with Crippen molar-refractivity contribution in [2.24, 2.45) is 5.92 Å². The van der Waals surface area contributed by atoms with Gasteiger partial charge in [0.1, 0.15) is 5.82 Å². The van der Waals surface area contributed by atoms with E-state index in [1.54, 1.807) is 13.2 Å². The van der Waals surface area contributed by atoms with E-state index in [1.165, 1.54) is 18.5 Å². The first-order valence-corrected chi connectivity index (χ1v) is 11.0. The van der Waals surface area contributed by atoms with Crippen molar-refractivity contribution in [3.05, 3.63) is 42.0 Å². The summed E-state index contributed by atoms with van der Waals surface area (Å²) >= 11 is 0. The minimum absolute atomic E-state index is 0.00844. The average molecular weight is 415 g/mol. The summed E-state index contributed by atoms with van der Waals surface area (Å²) in [5, 5.41) is 3.02. The Morgan fingerprint density at radius 3 is 2.97 bits per heavy atom. The Hall–Kier alpha value is -2.54. The number of imidazole rings is 1. The fraction of sp³-hybridized carbons (Fsp3) is 0.565. The minimum Gasteiger partial charge on any atom is -0.493 e. The number of methoxy groups -OCH3 is 1. The molecule has 1 saturated heterocycles. The van der Waals surface area contributed by atoms with Crippen LogP contribution in [0.3, 0.4) is 0 Å². The summed E-state index contributed by atoms with van der Waals surface area (Å²) in [6, 6.07) is 7.35. The monoisotopic (exact) mass is 414 g/mol. The zero-order chi connectivity index (χ0) is 21.2. The van der Waals surface area contributed by atoms with Gasteiger partial charge in [-0.2, -0.15) is 0 Å². The normalized spacial score (nSPS) is 16.9.